The minimum Gasteiger partial charge on any atom is -0.354 e. The molecule has 0 saturated heterocycles. The van der Waals surface area contributed by atoms with E-state index in [4.69, 9.17) is 0 Å². The molecule has 5 heteroatoms. The third-order valence-electron chi connectivity index (χ3n) is 2.91. The Morgan fingerprint density at radius 1 is 1.25 bits per heavy atom. The fourth-order valence-corrected chi connectivity index (χ4v) is 1.76. The van der Waals surface area contributed by atoms with Crippen LogP contribution in [0.15, 0.2) is 30.5 Å². The van der Waals surface area contributed by atoms with Crippen LogP contribution in [-0.2, 0) is 4.79 Å². The van der Waals surface area contributed by atoms with Crippen molar-refractivity contribution >= 4 is 22.8 Å². The molecule has 1 amide bonds. The van der Waals surface area contributed by atoms with Crippen molar-refractivity contribution in [2.45, 2.75) is 26.8 Å². The molecular weight excluding hydrogens is 252 g/mol. The Kier molecular flexibility index (Phi) is 4.50. The number of nitrogens with one attached hydrogen (secondary N) is 2. The summed E-state index contributed by atoms with van der Waals surface area (Å²) >= 11 is 0. The van der Waals surface area contributed by atoms with E-state index in [0.717, 1.165) is 10.9 Å². The second-order valence-corrected chi connectivity index (χ2v) is 5.26. The Morgan fingerprint density at radius 3 is 2.75 bits per heavy atom. The van der Waals surface area contributed by atoms with Gasteiger partial charge in [-0.05, 0) is 18.9 Å². The van der Waals surface area contributed by atoms with Crippen LogP contribution in [0.5, 0.6) is 0 Å². The number of carbonyl (C=O) groups excluding carboxylic acids is 1. The Morgan fingerprint density at radius 2 is 2.00 bits per heavy atom. The van der Waals surface area contributed by atoms with E-state index >= 15 is 0 Å². The molecule has 1 heterocycles. The van der Waals surface area contributed by atoms with E-state index in [0.29, 0.717) is 18.4 Å². The lowest BCUT2D eigenvalue weighted by molar-refractivity contribution is -0.121. The standard InChI is InChI=1S/C15H20N4O/c1-10(2)8-16-14(20)11(3)18-15-17-9-12-6-4-5-7-13(12)19-15/h4-7,9-11H,8H2,1-3H3,(H,16,20)(H,17,18,19). The maximum Gasteiger partial charge on any atom is 0.242 e. The van der Waals surface area contributed by atoms with E-state index in [-0.39, 0.29) is 11.9 Å². The maximum atomic E-state index is 11.9. The summed E-state index contributed by atoms with van der Waals surface area (Å²) in [5, 5.41) is 6.89. The predicted octanol–water partition coefficient (Wildman–Crippen LogP) is 2.20. The largest absolute Gasteiger partial charge is 0.354 e. The highest BCUT2D eigenvalue weighted by atomic mass is 16.2. The van der Waals surface area contributed by atoms with E-state index in [1.54, 1.807) is 13.1 Å². The molecule has 106 valence electrons. The molecule has 2 rings (SSSR count). The molecule has 1 aromatic carbocycles. The summed E-state index contributed by atoms with van der Waals surface area (Å²) in [5.74, 6) is 0.856. The molecule has 2 N–H and O–H groups in total. The number of benzene rings is 1. The fraction of sp³-hybridized carbons (Fsp3) is 0.400. The van der Waals surface area contributed by atoms with Crippen LogP contribution in [0.4, 0.5) is 5.95 Å². The van der Waals surface area contributed by atoms with Gasteiger partial charge in [-0.2, -0.15) is 0 Å². The average Bonchev–Trinajstić information content (AvgIpc) is 2.44. The molecule has 0 spiro atoms. The van der Waals surface area contributed by atoms with Crippen molar-refractivity contribution in [1.29, 1.82) is 0 Å². The second kappa shape index (κ2) is 6.32. The van der Waals surface area contributed by atoms with Crippen LogP contribution in [0.3, 0.4) is 0 Å². The molecule has 2 aromatic rings. The van der Waals surface area contributed by atoms with Crippen LogP contribution < -0.4 is 10.6 Å². The number of hydrogen-bond acceptors (Lipinski definition) is 4. The van der Waals surface area contributed by atoms with Crippen LogP contribution in [0.2, 0.25) is 0 Å². The number of amides is 1. The molecule has 0 bridgehead atoms. The zero-order valence-corrected chi connectivity index (χ0v) is 12.1. The number of anilines is 1. The van der Waals surface area contributed by atoms with Crippen molar-refractivity contribution in [1.82, 2.24) is 15.3 Å². The number of rotatable bonds is 5. The molecule has 0 fully saturated rings. The minimum atomic E-state index is -0.366. The van der Waals surface area contributed by atoms with Gasteiger partial charge in [-0.15, -0.1) is 0 Å². The summed E-state index contributed by atoms with van der Waals surface area (Å²) < 4.78 is 0. The average molecular weight is 272 g/mol. The van der Waals surface area contributed by atoms with Gasteiger partial charge in [0.1, 0.15) is 6.04 Å². The number of fused-ring (bicyclic) bond motifs is 1. The van der Waals surface area contributed by atoms with Crippen molar-refractivity contribution in [3.05, 3.63) is 30.5 Å². The molecule has 1 atom stereocenters. The molecule has 0 aliphatic rings. The number of para-hydroxylation sites is 1. The van der Waals surface area contributed by atoms with Gasteiger partial charge in [-0.1, -0.05) is 32.0 Å². The zero-order valence-electron chi connectivity index (χ0n) is 12.1. The predicted molar refractivity (Wildman–Crippen MR) is 80.5 cm³/mol. The zero-order chi connectivity index (χ0) is 14.5. The summed E-state index contributed by atoms with van der Waals surface area (Å²) in [6.07, 6.45) is 1.75. The highest BCUT2D eigenvalue weighted by Gasteiger charge is 2.13. The van der Waals surface area contributed by atoms with Crippen LogP contribution >= 0.6 is 0 Å². The number of nitrogens with zero attached hydrogens (tertiary/aromatic N) is 2. The Balaban J connectivity index is 2.02. The van der Waals surface area contributed by atoms with Crippen LogP contribution in [-0.4, -0.2) is 28.5 Å². The molecule has 20 heavy (non-hydrogen) atoms. The quantitative estimate of drug-likeness (QED) is 0.875. The van der Waals surface area contributed by atoms with E-state index in [9.17, 15) is 4.79 Å². The fourth-order valence-electron chi connectivity index (χ4n) is 1.76. The first kappa shape index (κ1) is 14.2. The molecular formula is C15H20N4O. The summed E-state index contributed by atoms with van der Waals surface area (Å²) in [4.78, 5) is 20.5. The normalized spacial score (nSPS) is 12.4. The van der Waals surface area contributed by atoms with E-state index in [2.05, 4.69) is 34.4 Å². The van der Waals surface area contributed by atoms with Gasteiger partial charge in [0, 0.05) is 18.1 Å². The highest BCUT2D eigenvalue weighted by molar-refractivity contribution is 5.84. The van der Waals surface area contributed by atoms with Gasteiger partial charge < -0.3 is 10.6 Å². The SMILES string of the molecule is CC(C)CNC(=O)C(C)Nc1ncc2ccccc2n1. The van der Waals surface area contributed by atoms with Crippen molar-refractivity contribution in [2.24, 2.45) is 5.92 Å². The molecule has 1 unspecified atom stereocenters. The summed E-state index contributed by atoms with van der Waals surface area (Å²) in [6.45, 7) is 6.59. The van der Waals surface area contributed by atoms with Crippen molar-refractivity contribution in [2.75, 3.05) is 11.9 Å². The molecule has 0 radical (unpaired) electrons. The summed E-state index contributed by atoms with van der Waals surface area (Å²) in [5.41, 5.74) is 0.861. The molecule has 0 aliphatic carbocycles. The topological polar surface area (TPSA) is 66.9 Å². The first-order valence-electron chi connectivity index (χ1n) is 6.82. The van der Waals surface area contributed by atoms with Crippen LogP contribution in [0.25, 0.3) is 10.9 Å². The molecule has 0 aliphatic heterocycles. The monoisotopic (exact) mass is 272 g/mol. The van der Waals surface area contributed by atoms with Crippen LogP contribution in [0.1, 0.15) is 20.8 Å². The number of carbonyl (C=O) groups is 1. The van der Waals surface area contributed by atoms with E-state index in [1.165, 1.54) is 0 Å². The lowest BCUT2D eigenvalue weighted by atomic mass is 10.2. The Bertz CT molecular complexity index is 597. The van der Waals surface area contributed by atoms with Gasteiger partial charge in [0.15, 0.2) is 0 Å². The van der Waals surface area contributed by atoms with Gasteiger partial charge in [-0.3, -0.25) is 4.79 Å². The third kappa shape index (κ3) is 3.66. The van der Waals surface area contributed by atoms with Gasteiger partial charge >= 0.3 is 0 Å². The van der Waals surface area contributed by atoms with E-state index < -0.39 is 0 Å². The lowest BCUT2D eigenvalue weighted by Gasteiger charge is -2.15. The van der Waals surface area contributed by atoms with Gasteiger partial charge in [0.05, 0.1) is 5.52 Å². The first-order valence-corrected chi connectivity index (χ1v) is 6.82. The van der Waals surface area contributed by atoms with Crippen LogP contribution in [0, 0.1) is 5.92 Å². The molecule has 5 nitrogen and oxygen atoms in total. The highest BCUT2D eigenvalue weighted by Crippen LogP contribution is 2.12. The number of hydrogen-bond donors (Lipinski definition) is 2. The minimum absolute atomic E-state index is 0.0459. The van der Waals surface area contributed by atoms with Gasteiger partial charge in [-0.25, -0.2) is 9.97 Å². The molecule has 0 saturated carbocycles. The molecule has 1 aromatic heterocycles. The smallest absolute Gasteiger partial charge is 0.242 e. The van der Waals surface area contributed by atoms with Crippen molar-refractivity contribution in [3.8, 4) is 0 Å². The summed E-state index contributed by atoms with van der Waals surface area (Å²) in [6, 6.07) is 7.39. The second-order valence-electron chi connectivity index (χ2n) is 5.26. The van der Waals surface area contributed by atoms with Gasteiger partial charge in [0.2, 0.25) is 11.9 Å². The number of aromatic nitrogens is 2. The summed E-state index contributed by atoms with van der Waals surface area (Å²) in [7, 11) is 0. The Hall–Kier alpha value is -2.17. The lowest BCUT2D eigenvalue weighted by Crippen LogP contribution is -2.39. The third-order valence-corrected chi connectivity index (χ3v) is 2.91. The van der Waals surface area contributed by atoms with Crippen molar-refractivity contribution in [3.63, 3.8) is 0 Å². The maximum absolute atomic E-state index is 11.9. The Labute approximate surface area is 118 Å². The van der Waals surface area contributed by atoms with Crippen molar-refractivity contribution < 1.29 is 4.79 Å². The van der Waals surface area contributed by atoms with Gasteiger partial charge in [0.25, 0.3) is 0 Å². The first-order chi connectivity index (χ1) is 9.56. The van der Waals surface area contributed by atoms with E-state index in [1.807, 2.05) is 24.3 Å².